The van der Waals surface area contributed by atoms with E-state index in [4.69, 9.17) is 4.98 Å². The zero-order valence-corrected chi connectivity index (χ0v) is 45.8. The maximum Gasteiger partial charge on any atom is 0.252 e. The molecule has 14 aromatic rings. The molecule has 1 spiro atoms. The molecule has 386 valence electrons. The number of hydrogen-bond acceptors (Lipinski definition) is 3. The van der Waals surface area contributed by atoms with Crippen molar-refractivity contribution in [1.82, 2.24) is 9.55 Å². The van der Waals surface area contributed by atoms with Gasteiger partial charge >= 0.3 is 0 Å². The topological polar surface area (TPSA) is 24.3 Å². The maximum atomic E-state index is 5.11. The summed E-state index contributed by atoms with van der Waals surface area (Å²) in [5.74, 6) is 0. The highest BCUT2D eigenvalue weighted by Crippen LogP contribution is 2.65. The first-order valence-corrected chi connectivity index (χ1v) is 29.0. The third-order valence-corrected chi connectivity index (χ3v) is 18.7. The number of pyridine rings is 1. The van der Waals surface area contributed by atoms with Crippen LogP contribution in [0.3, 0.4) is 0 Å². The second-order valence-electron chi connectivity index (χ2n) is 23.1. The van der Waals surface area contributed by atoms with Crippen LogP contribution in [0.1, 0.15) is 33.4 Å². The molecule has 18 rings (SSSR count). The third kappa shape index (κ3) is 6.28. The van der Waals surface area contributed by atoms with Crippen molar-refractivity contribution in [3.8, 4) is 50.2 Å². The van der Waals surface area contributed by atoms with E-state index in [1.165, 1.54) is 133 Å². The normalized spacial score (nSPS) is 14.8. The van der Waals surface area contributed by atoms with Gasteiger partial charge in [-0.2, -0.15) is 0 Å². The summed E-state index contributed by atoms with van der Waals surface area (Å²) in [6.07, 6.45) is 1.93. The second-order valence-corrected chi connectivity index (χ2v) is 23.1. The van der Waals surface area contributed by atoms with Gasteiger partial charge in [0.2, 0.25) is 0 Å². The van der Waals surface area contributed by atoms with Crippen LogP contribution in [0.5, 0.6) is 0 Å². The first-order valence-electron chi connectivity index (χ1n) is 29.0. The Hall–Kier alpha value is -10.5. The van der Waals surface area contributed by atoms with Crippen molar-refractivity contribution in [2.45, 2.75) is 19.3 Å². The number of nitrogens with zero attached hydrogens (tertiary/aromatic N) is 4. The Kier molecular flexibility index (Phi) is 9.63. The van der Waals surface area contributed by atoms with Gasteiger partial charge in [-0.25, -0.2) is 4.98 Å². The van der Waals surface area contributed by atoms with Crippen LogP contribution in [-0.2, 0) is 5.41 Å². The molecule has 0 bridgehead atoms. The molecule has 4 heterocycles. The lowest BCUT2D eigenvalue weighted by Crippen LogP contribution is -2.61. The van der Waals surface area contributed by atoms with Gasteiger partial charge in [-0.15, -0.1) is 0 Å². The Labute approximate surface area is 482 Å². The van der Waals surface area contributed by atoms with Gasteiger partial charge in [0.25, 0.3) is 6.71 Å². The Bertz CT molecular complexity index is 5040. The zero-order chi connectivity index (χ0) is 54.7. The van der Waals surface area contributed by atoms with E-state index in [2.05, 4.69) is 295 Å². The van der Waals surface area contributed by atoms with Crippen molar-refractivity contribution in [1.29, 1.82) is 0 Å². The van der Waals surface area contributed by atoms with Gasteiger partial charge in [-0.1, -0.05) is 200 Å². The number of aromatic nitrogens is 2. The predicted molar refractivity (Wildman–Crippen MR) is 347 cm³/mol. The zero-order valence-electron chi connectivity index (χ0n) is 45.8. The van der Waals surface area contributed by atoms with Gasteiger partial charge in [0, 0.05) is 56.5 Å². The quantitative estimate of drug-likeness (QED) is 0.161. The summed E-state index contributed by atoms with van der Waals surface area (Å²) in [4.78, 5) is 10.3. The number of aryl methyl sites for hydroxylation is 2. The smallest absolute Gasteiger partial charge is 0.252 e. The first-order chi connectivity index (χ1) is 41.0. The minimum atomic E-state index is -0.694. The van der Waals surface area contributed by atoms with E-state index in [-0.39, 0.29) is 6.71 Å². The Morgan fingerprint density at radius 1 is 0.361 bits per heavy atom. The molecule has 12 aromatic carbocycles. The Morgan fingerprint density at radius 2 is 0.964 bits per heavy atom. The molecule has 83 heavy (non-hydrogen) atoms. The van der Waals surface area contributed by atoms with E-state index in [1.807, 2.05) is 6.20 Å². The largest absolute Gasteiger partial charge is 0.311 e. The lowest BCUT2D eigenvalue weighted by Gasteiger charge is -2.45. The number of benzene rings is 12. The molecule has 4 nitrogen and oxygen atoms in total. The third-order valence-electron chi connectivity index (χ3n) is 18.7. The van der Waals surface area contributed by atoms with Crippen LogP contribution in [0.2, 0.25) is 0 Å². The highest BCUT2D eigenvalue weighted by molar-refractivity contribution is 7.00. The molecule has 2 aliphatic carbocycles. The molecule has 5 heteroatoms. The van der Waals surface area contributed by atoms with Crippen molar-refractivity contribution in [2.24, 2.45) is 0 Å². The molecular formula is C78H51BN4. The molecule has 0 saturated carbocycles. The number of fused-ring (bicyclic) bond motifs is 19. The maximum absolute atomic E-state index is 5.11. The molecule has 0 saturated heterocycles. The first kappa shape index (κ1) is 46.3. The monoisotopic (exact) mass is 1050 g/mol. The minimum Gasteiger partial charge on any atom is -0.311 e. The average molecular weight is 1060 g/mol. The fraction of sp³-hybridized carbons (Fsp3) is 0.0385. The van der Waals surface area contributed by atoms with Crippen LogP contribution in [0.25, 0.3) is 82.9 Å². The van der Waals surface area contributed by atoms with E-state index in [1.54, 1.807) is 0 Å². The SMILES string of the molecule is Cc1ccc2c(c1)N(c1ccccc1-c1ccccc1)c1cc(C)cc3c1B2c1cc2c(cc1N3c1ccccc1-c1ccccc1)[C@]1(c3ccccc3-2)c2cc(-n3c4ccccc4c4cccnc43)ccc2-c2c1ccc1ccccc21. The minimum absolute atomic E-state index is 0.0954. The van der Waals surface area contributed by atoms with E-state index in [0.29, 0.717) is 0 Å². The molecule has 2 aliphatic heterocycles. The molecular weight excluding hydrogens is 1000 g/mol. The van der Waals surface area contributed by atoms with Crippen LogP contribution in [0, 0.1) is 13.8 Å². The molecule has 0 N–H and O–H groups in total. The van der Waals surface area contributed by atoms with Crippen LogP contribution in [0.15, 0.2) is 273 Å². The van der Waals surface area contributed by atoms with E-state index < -0.39 is 5.41 Å². The van der Waals surface area contributed by atoms with Crippen molar-refractivity contribution < 1.29 is 0 Å². The van der Waals surface area contributed by atoms with Crippen LogP contribution < -0.4 is 26.2 Å². The summed E-state index contributed by atoms with van der Waals surface area (Å²) in [6, 6.07) is 101. The highest BCUT2D eigenvalue weighted by Gasteiger charge is 2.54. The molecule has 4 aliphatic rings. The summed E-state index contributed by atoms with van der Waals surface area (Å²) < 4.78 is 2.39. The summed E-state index contributed by atoms with van der Waals surface area (Å²) in [6.45, 7) is 4.43. The standard InChI is InChI=1S/C78H51BN4/c1-48-35-40-66-71(42-48)82(68-32-16-12-25-54(68)50-20-5-3-6-21-50)73-43-49(2)44-74-76(73)79(66)67-46-61-57-28-11-15-31-62(57)78(65(61)47-72(67)83(74)69-33-17-13-26-55(69)51-22-7-4-8-23-51)63-39-36-52-24-9-10-27-56(52)75(63)60-38-37-53(45-64(60)78)81-70-34-18-14-29-58(70)59-30-19-41-80-77(59)81/h3-47H,1-2H3/t78-/m0/s1. The van der Waals surface area contributed by atoms with E-state index in [9.17, 15) is 0 Å². The van der Waals surface area contributed by atoms with Crippen LogP contribution in [-0.4, -0.2) is 16.3 Å². The average Bonchev–Trinajstić information content (AvgIpc) is 1.69. The summed E-state index contributed by atoms with van der Waals surface area (Å²) in [5, 5.41) is 4.84. The van der Waals surface area contributed by atoms with Gasteiger partial charge in [0.1, 0.15) is 5.65 Å². The summed E-state index contributed by atoms with van der Waals surface area (Å²) >= 11 is 0. The van der Waals surface area contributed by atoms with Gasteiger partial charge in [0.15, 0.2) is 0 Å². The van der Waals surface area contributed by atoms with Gasteiger partial charge in [-0.05, 0) is 174 Å². The Morgan fingerprint density at radius 3 is 1.71 bits per heavy atom. The van der Waals surface area contributed by atoms with Crippen LogP contribution >= 0.6 is 0 Å². The lowest BCUT2D eigenvalue weighted by molar-refractivity contribution is 0.793. The van der Waals surface area contributed by atoms with Crippen molar-refractivity contribution in [3.05, 3.63) is 306 Å². The lowest BCUT2D eigenvalue weighted by atomic mass is 9.33. The van der Waals surface area contributed by atoms with Crippen molar-refractivity contribution in [2.75, 3.05) is 9.80 Å². The van der Waals surface area contributed by atoms with Gasteiger partial charge in [-0.3, -0.25) is 4.57 Å². The number of anilines is 6. The van der Waals surface area contributed by atoms with E-state index in [0.717, 1.165) is 33.6 Å². The number of hydrogen-bond donors (Lipinski definition) is 0. The predicted octanol–water partition coefficient (Wildman–Crippen LogP) is 17.7. The molecule has 1 atom stereocenters. The molecule has 0 fully saturated rings. The molecule has 2 aromatic heterocycles. The Balaban J connectivity index is 0.970. The highest BCUT2D eigenvalue weighted by atomic mass is 15.2. The molecule has 0 unspecified atom stereocenters. The fourth-order valence-electron chi connectivity index (χ4n) is 15.4. The summed E-state index contributed by atoms with van der Waals surface area (Å²) in [5.41, 5.74) is 30.9. The van der Waals surface area contributed by atoms with Gasteiger partial charge < -0.3 is 9.80 Å². The van der Waals surface area contributed by atoms with Crippen molar-refractivity contribution >= 4 is 89.9 Å². The van der Waals surface area contributed by atoms with E-state index >= 15 is 0 Å². The van der Waals surface area contributed by atoms with Crippen LogP contribution in [0.4, 0.5) is 34.1 Å². The summed E-state index contributed by atoms with van der Waals surface area (Å²) in [7, 11) is 0. The molecule has 0 amide bonds. The second kappa shape index (κ2) is 17.3. The van der Waals surface area contributed by atoms with Gasteiger partial charge in [0.05, 0.1) is 22.3 Å². The molecule has 0 radical (unpaired) electrons. The number of rotatable bonds is 5. The fourth-order valence-corrected chi connectivity index (χ4v) is 15.4. The number of para-hydroxylation sites is 3. The van der Waals surface area contributed by atoms with Crippen molar-refractivity contribution in [3.63, 3.8) is 0 Å².